The standard InChI is InChI=1S/C15H26FNOS.2C2H6/c1-6-8-12(17-19-15(2,3)4)14-11(16)9-7-10-13(14)18-5;2*1-2/h10,12,17H,6-9H2,1-5H3;2*1-2H3. The second-order valence-corrected chi connectivity index (χ2v) is 7.47. The van der Waals surface area contributed by atoms with Crippen LogP contribution in [0.25, 0.3) is 0 Å². The molecule has 0 saturated carbocycles. The van der Waals surface area contributed by atoms with Gasteiger partial charge in [0.25, 0.3) is 0 Å². The highest BCUT2D eigenvalue weighted by Crippen LogP contribution is 2.32. The first kappa shape index (κ1) is 24.8. The van der Waals surface area contributed by atoms with Crippen LogP contribution in [-0.2, 0) is 4.74 Å². The molecular weight excluding hydrogens is 309 g/mol. The molecule has 0 aliphatic heterocycles. The Kier molecular flexibility index (Phi) is 15.0. The van der Waals surface area contributed by atoms with Gasteiger partial charge in [0.15, 0.2) is 0 Å². The molecule has 1 aliphatic rings. The van der Waals surface area contributed by atoms with Crippen LogP contribution in [0, 0.1) is 0 Å². The zero-order chi connectivity index (χ0) is 18.5. The van der Waals surface area contributed by atoms with Gasteiger partial charge in [-0.1, -0.05) is 53.0 Å². The first-order chi connectivity index (χ1) is 10.9. The van der Waals surface area contributed by atoms with Gasteiger partial charge in [0.1, 0.15) is 11.6 Å². The Bertz CT molecular complexity index is 359. The van der Waals surface area contributed by atoms with E-state index in [-0.39, 0.29) is 16.6 Å². The van der Waals surface area contributed by atoms with E-state index in [2.05, 4.69) is 32.4 Å². The van der Waals surface area contributed by atoms with Crippen molar-refractivity contribution in [2.75, 3.05) is 7.11 Å². The minimum absolute atomic E-state index is 0.0146. The smallest absolute Gasteiger partial charge is 0.122 e. The molecular formula is C19H38FNOS. The number of rotatable bonds is 6. The van der Waals surface area contributed by atoms with Crippen molar-refractivity contribution in [1.82, 2.24) is 4.72 Å². The summed E-state index contributed by atoms with van der Waals surface area (Å²) in [4.78, 5) is 0. The van der Waals surface area contributed by atoms with Crippen LogP contribution in [0.5, 0.6) is 0 Å². The van der Waals surface area contributed by atoms with Gasteiger partial charge in [0, 0.05) is 22.8 Å². The zero-order valence-corrected chi connectivity index (χ0v) is 17.5. The summed E-state index contributed by atoms with van der Waals surface area (Å²) in [6.45, 7) is 16.6. The van der Waals surface area contributed by atoms with Crippen molar-refractivity contribution in [2.24, 2.45) is 0 Å². The van der Waals surface area contributed by atoms with Gasteiger partial charge in [-0.3, -0.25) is 4.72 Å². The minimum Gasteiger partial charge on any atom is -0.497 e. The average Bonchev–Trinajstić information content (AvgIpc) is 2.54. The maximum atomic E-state index is 14.2. The summed E-state index contributed by atoms with van der Waals surface area (Å²) in [5.41, 5.74) is 0.715. The first-order valence-electron chi connectivity index (χ1n) is 8.95. The Hall–Kier alpha value is -0.480. The fraction of sp³-hybridized carbons (Fsp3) is 0.789. The molecule has 0 fully saturated rings. The van der Waals surface area contributed by atoms with Crippen molar-refractivity contribution in [2.45, 2.75) is 91.9 Å². The third-order valence-electron chi connectivity index (χ3n) is 2.90. The molecule has 1 atom stereocenters. The van der Waals surface area contributed by atoms with Gasteiger partial charge >= 0.3 is 0 Å². The molecule has 0 radical (unpaired) electrons. The Morgan fingerprint density at radius 3 is 2.26 bits per heavy atom. The lowest BCUT2D eigenvalue weighted by atomic mass is 9.95. The summed E-state index contributed by atoms with van der Waals surface area (Å²) in [6.07, 6.45) is 5.13. The molecule has 1 N–H and O–H groups in total. The Morgan fingerprint density at radius 2 is 1.83 bits per heavy atom. The molecule has 0 aromatic rings. The van der Waals surface area contributed by atoms with Crippen molar-refractivity contribution in [1.29, 1.82) is 0 Å². The van der Waals surface area contributed by atoms with E-state index in [4.69, 9.17) is 4.74 Å². The second-order valence-electron chi connectivity index (χ2n) is 5.80. The monoisotopic (exact) mass is 347 g/mol. The highest BCUT2D eigenvalue weighted by atomic mass is 32.2. The molecule has 0 aromatic carbocycles. The summed E-state index contributed by atoms with van der Waals surface area (Å²) in [5, 5.41) is 0. The maximum Gasteiger partial charge on any atom is 0.122 e. The molecule has 0 amide bonds. The Balaban J connectivity index is 0. The number of nitrogens with one attached hydrogen (secondary N) is 1. The SMILES string of the molecule is CC.CC.CCCC(NSC(C)(C)C)C1=C(F)CCC=C1OC. The fourth-order valence-corrected chi connectivity index (χ4v) is 2.79. The normalized spacial score (nSPS) is 15.7. The van der Waals surface area contributed by atoms with Crippen molar-refractivity contribution in [3.05, 3.63) is 23.2 Å². The number of hydrogen-bond donors (Lipinski definition) is 1. The molecule has 4 heteroatoms. The lowest BCUT2D eigenvalue weighted by Crippen LogP contribution is -2.31. The van der Waals surface area contributed by atoms with Crippen molar-refractivity contribution < 1.29 is 9.13 Å². The van der Waals surface area contributed by atoms with Gasteiger partial charge in [-0.05, 0) is 39.7 Å². The van der Waals surface area contributed by atoms with Crippen LogP contribution in [0.15, 0.2) is 23.2 Å². The summed E-state index contributed by atoms with van der Waals surface area (Å²) in [6, 6.07) is 0.0146. The highest BCUT2D eigenvalue weighted by molar-refractivity contribution is 7.98. The van der Waals surface area contributed by atoms with Crippen LogP contribution in [0.3, 0.4) is 0 Å². The average molecular weight is 348 g/mol. The van der Waals surface area contributed by atoms with Gasteiger partial charge in [-0.15, -0.1) is 0 Å². The zero-order valence-electron chi connectivity index (χ0n) is 16.7. The highest BCUT2D eigenvalue weighted by Gasteiger charge is 2.26. The fourth-order valence-electron chi connectivity index (χ4n) is 2.06. The lowest BCUT2D eigenvalue weighted by Gasteiger charge is -2.28. The molecule has 0 saturated heterocycles. The van der Waals surface area contributed by atoms with Crippen LogP contribution in [0.1, 0.15) is 81.1 Å². The van der Waals surface area contributed by atoms with Gasteiger partial charge in [-0.2, -0.15) is 0 Å². The van der Waals surface area contributed by atoms with E-state index in [1.54, 1.807) is 19.1 Å². The third-order valence-corrected chi connectivity index (χ3v) is 3.92. The predicted octanol–water partition coefficient (Wildman–Crippen LogP) is 6.79. The first-order valence-corrected chi connectivity index (χ1v) is 9.77. The van der Waals surface area contributed by atoms with Gasteiger partial charge < -0.3 is 4.74 Å². The van der Waals surface area contributed by atoms with E-state index in [9.17, 15) is 4.39 Å². The minimum atomic E-state index is -0.0280. The van der Waals surface area contributed by atoms with Gasteiger partial charge in [0.05, 0.1) is 7.11 Å². The van der Waals surface area contributed by atoms with E-state index in [1.807, 2.05) is 33.8 Å². The van der Waals surface area contributed by atoms with Crippen LogP contribution in [0.4, 0.5) is 4.39 Å². The van der Waals surface area contributed by atoms with Crippen molar-refractivity contribution in [3.63, 3.8) is 0 Å². The van der Waals surface area contributed by atoms with Crippen molar-refractivity contribution >= 4 is 11.9 Å². The van der Waals surface area contributed by atoms with E-state index in [1.165, 1.54) is 0 Å². The molecule has 0 spiro atoms. The second kappa shape index (κ2) is 13.9. The largest absolute Gasteiger partial charge is 0.497 e. The van der Waals surface area contributed by atoms with Crippen LogP contribution in [0.2, 0.25) is 0 Å². The molecule has 1 rings (SSSR count). The quantitative estimate of drug-likeness (QED) is 0.534. The van der Waals surface area contributed by atoms with E-state index in [0.29, 0.717) is 17.8 Å². The third kappa shape index (κ3) is 10.1. The van der Waals surface area contributed by atoms with E-state index >= 15 is 0 Å². The number of ether oxygens (including phenoxy) is 1. The molecule has 2 nitrogen and oxygen atoms in total. The molecule has 0 heterocycles. The maximum absolute atomic E-state index is 14.2. The van der Waals surface area contributed by atoms with E-state index in [0.717, 1.165) is 19.3 Å². The Labute approximate surface area is 148 Å². The van der Waals surface area contributed by atoms with E-state index < -0.39 is 0 Å². The number of allylic oxidation sites excluding steroid dienone is 2. The van der Waals surface area contributed by atoms with Gasteiger partial charge in [0.2, 0.25) is 0 Å². The topological polar surface area (TPSA) is 21.3 Å². The lowest BCUT2D eigenvalue weighted by molar-refractivity contribution is 0.285. The predicted molar refractivity (Wildman–Crippen MR) is 104 cm³/mol. The number of methoxy groups -OCH3 is 1. The molecule has 0 aromatic heterocycles. The molecule has 1 aliphatic carbocycles. The van der Waals surface area contributed by atoms with Crippen LogP contribution < -0.4 is 4.72 Å². The Morgan fingerprint density at radius 1 is 1.26 bits per heavy atom. The number of hydrogen-bond acceptors (Lipinski definition) is 3. The van der Waals surface area contributed by atoms with Crippen LogP contribution >= 0.6 is 11.9 Å². The summed E-state index contributed by atoms with van der Waals surface area (Å²) in [5.74, 6) is 0.670. The number of halogens is 1. The van der Waals surface area contributed by atoms with Crippen LogP contribution in [-0.4, -0.2) is 17.9 Å². The molecule has 138 valence electrons. The van der Waals surface area contributed by atoms with Crippen molar-refractivity contribution in [3.8, 4) is 0 Å². The summed E-state index contributed by atoms with van der Waals surface area (Å²) >= 11 is 1.66. The summed E-state index contributed by atoms with van der Waals surface area (Å²) < 4.78 is 23.1. The van der Waals surface area contributed by atoms with Gasteiger partial charge in [-0.25, -0.2) is 4.39 Å². The molecule has 1 unspecified atom stereocenters. The molecule has 0 bridgehead atoms. The molecule has 23 heavy (non-hydrogen) atoms. The summed E-state index contributed by atoms with van der Waals surface area (Å²) in [7, 11) is 1.62.